The molecule has 0 aromatic rings. The molecule has 0 saturated heterocycles. The highest BCUT2D eigenvalue weighted by molar-refractivity contribution is 5.58. The Bertz CT molecular complexity index is 199. The van der Waals surface area contributed by atoms with Crippen molar-refractivity contribution in [3.05, 3.63) is 23.4 Å². The summed E-state index contributed by atoms with van der Waals surface area (Å²) in [5, 5.41) is 3.08. The summed E-state index contributed by atoms with van der Waals surface area (Å²) in [6.07, 6.45) is 8.43. The van der Waals surface area contributed by atoms with Gasteiger partial charge in [0.1, 0.15) is 6.54 Å². The topological polar surface area (TPSA) is 26.1 Å². The number of hydrogen-bond donors (Lipinski definition) is 1. The zero-order valence-corrected chi connectivity index (χ0v) is 5.80. The zero-order chi connectivity index (χ0) is 6.81. The Balaban J connectivity index is 2.32. The molecule has 0 aromatic carbocycles. The van der Waals surface area contributed by atoms with E-state index in [4.69, 9.17) is 0 Å². The smallest absolute Gasteiger partial charge is 0.273 e. The van der Waals surface area contributed by atoms with Crippen molar-refractivity contribution in [1.29, 1.82) is 0 Å². The van der Waals surface area contributed by atoms with Gasteiger partial charge in [-0.05, 0) is 6.42 Å². The second kappa shape index (κ2) is 2.29. The lowest BCUT2D eigenvalue weighted by molar-refractivity contribution is 0.829. The maximum absolute atomic E-state index is 4.24. The molecule has 1 N–H and O–H groups in total. The molecule has 0 saturated carbocycles. The maximum Gasteiger partial charge on any atom is 0.279 e. The van der Waals surface area contributed by atoms with Gasteiger partial charge in [0.25, 0.3) is 6.34 Å². The molecule has 10 heavy (non-hydrogen) atoms. The van der Waals surface area contributed by atoms with Gasteiger partial charge in [0.2, 0.25) is 0 Å². The Hall–Kier alpha value is -1.05. The molecule has 0 fully saturated rings. The van der Waals surface area contributed by atoms with E-state index in [1.54, 1.807) is 6.34 Å². The van der Waals surface area contributed by atoms with E-state index in [-0.39, 0.29) is 0 Å². The van der Waals surface area contributed by atoms with E-state index in [2.05, 4.69) is 22.5 Å². The molecular weight excluding hydrogens is 124 g/mol. The third-order valence-electron chi connectivity index (χ3n) is 1.84. The summed E-state index contributed by atoms with van der Waals surface area (Å²) in [5.74, 6) is 0. The minimum atomic E-state index is 0.954. The highest BCUT2D eigenvalue weighted by atomic mass is 15.0. The zero-order valence-electron chi connectivity index (χ0n) is 5.80. The summed E-state index contributed by atoms with van der Waals surface area (Å²) < 4.78 is 0. The minimum absolute atomic E-state index is 0.954. The SMILES string of the molecule is C1=CC2=C(CC1)[N+]=CNC2. The molecule has 0 atom stereocenters. The molecule has 1 radical (unpaired) electrons. The molecule has 0 unspecified atom stereocenters. The molecule has 51 valence electrons. The molecule has 1 aliphatic carbocycles. The third kappa shape index (κ3) is 0.856. The molecule has 0 bridgehead atoms. The fraction of sp³-hybridized carbons (Fsp3) is 0.375. The van der Waals surface area contributed by atoms with Crippen molar-refractivity contribution in [2.75, 3.05) is 6.54 Å². The Morgan fingerprint density at radius 1 is 1.50 bits per heavy atom. The van der Waals surface area contributed by atoms with Crippen LogP contribution in [0.5, 0.6) is 0 Å². The van der Waals surface area contributed by atoms with Crippen molar-refractivity contribution >= 4 is 6.34 Å². The van der Waals surface area contributed by atoms with Crippen LogP contribution in [0.4, 0.5) is 0 Å². The van der Waals surface area contributed by atoms with Crippen molar-refractivity contribution in [1.82, 2.24) is 10.3 Å². The van der Waals surface area contributed by atoms with E-state index in [1.165, 1.54) is 11.3 Å². The standard InChI is InChI=1S/C8H10N2/c1-2-4-8-7(3-1)5-9-6-10-8/h1,3,6,9H,2,4-5H2/q+1. The first-order chi connectivity index (χ1) is 4.97. The molecule has 1 heterocycles. The van der Waals surface area contributed by atoms with Gasteiger partial charge < -0.3 is 0 Å². The summed E-state index contributed by atoms with van der Waals surface area (Å²) in [6.45, 7) is 0.954. The average Bonchev–Trinajstić information content (AvgIpc) is 2.05. The van der Waals surface area contributed by atoms with Gasteiger partial charge >= 0.3 is 0 Å². The molecule has 2 heteroatoms. The Kier molecular flexibility index (Phi) is 1.31. The second-order valence-corrected chi connectivity index (χ2v) is 2.55. The van der Waals surface area contributed by atoms with Gasteiger partial charge in [-0.15, -0.1) is 0 Å². The molecule has 2 nitrogen and oxygen atoms in total. The monoisotopic (exact) mass is 134 g/mol. The Morgan fingerprint density at radius 3 is 3.40 bits per heavy atom. The maximum atomic E-state index is 4.24. The molecule has 0 aromatic heterocycles. The molecular formula is C8H10N2+. The van der Waals surface area contributed by atoms with Crippen molar-refractivity contribution in [3.63, 3.8) is 0 Å². The van der Waals surface area contributed by atoms with Crippen LogP contribution < -0.4 is 10.3 Å². The summed E-state index contributed by atoms with van der Waals surface area (Å²) in [4.78, 5) is 4.24. The molecule has 1 aliphatic heterocycles. The van der Waals surface area contributed by atoms with Gasteiger partial charge in [-0.1, -0.05) is 17.1 Å². The summed E-state index contributed by atoms with van der Waals surface area (Å²) in [5.41, 5.74) is 2.62. The van der Waals surface area contributed by atoms with Crippen molar-refractivity contribution < 1.29 is 0 Å². The lowest BCUT2D eigenvalue weighted by Gasteiger charge is -2.08. The first-order valence-electron chi connectivity index (χ1n) is 3.61. The third-order valence-corrected chi connectivity index (χ3v) is 1.84. The van der Waals surface area contributed by atoms with Crippen LogP contribution in [-0.4, -0.2) is 12.9 Å². The normalized spacial score (nSPS) is 22.4. The van der Waals surface area contributed by atoms with E-state index in [1.807, 2.05) is 0 Å². The largest absolute Gasteiger partial charge is 0.279 e. The molecule has 0 spiro atoms. The molecule has 2 aliphatic rings. The highest BCUT2D eigenvalue weighted by Gasteiger charge is 2.15. The van der Waals surface area contributed by atoms with Crippen LogP contribution in [0.15, 0.2) is 23.4 Å². The van der Waals surface area contributed by atoms with Crippen molar-refractivity contribution in [2.24, 2.45) is 0 Å². The lowest BCUT2D eigenvalue weighted by atomic mass is 10.0. The predicted molar refractivity (Wildman–Crippen MR) is 41.6 cm³/mol. The molecule has 2 rings (SSSR count). The predicted octanol–water partition coefficient (Wildman–Crippen LogP) is 0.558. The first-order valence-corrected chi connectivity index (χ1v) is 3.61. The number of allylic oxidation sites excluding steroid dienone is 2. The summed E-state index contributed by atoms with van der Waals surface area (Å²) in [6, 6.07) is 0. The number of nitrogens with zero attached hydrogens (tertiary/aromatic N) is 1. The van der Waals surface area contributed by atoms with Crippen LogP contribution >= 0.6 is 0 Å². The van der Waals surface area contributed by atoms with Crippen LogP contribution in [0, 0.1) is 0 Å². The van der Waals surface area contributed by atoms with Gasteiger partial charge in [0, 0.05) is 12.0 Å². The number of aliphatic imine (C=N–C) groups is 1. The number of nitrogens with one attached hydrogen (secondary N) is 1. The first kappa shape index (κ1) is 5.71. The Labute approximate surface area is 60.3 Å². The number of hydrogen-bond acceptors (Lipinski definition) is 2. The van der Waals surface area contributed by atoms with E-state index >= 15 is 0 Å². The van der Waals surface area contributed by atoms with E-state index in [0.29, 0.717) is 0 Å². The Morgan fingerprint density at radius 2 is 2.50 bits per heavy atom. The van der Waals surface area contributed by atoms with Gasteiger partial charge in [-0.3, -0.25) is 5.32 Å². The fourth-order valence-electron chi connectivity index (χ4n) is 1.29. The van der Waals surface area contributed by atoms with Crippen molar-refractivity contribution in [3.8, 4) is 0 Å². The van der Waals surface area contributed by atoms with Crippen molar-refractivity contribution in [2.45, 2.75) is 12.8 Å². The second-order valence-electron chi connectivity index (χ2n) is 2.55. The van der Waals surface area contributed by atoms with Crippen LogP contribution in [0.1, 0.15) is 12.8 Å². The van der Waals surface area contributed by atoms with Gasteiger partial charge in [-0.25, -0.2) is 0 Å². The quantitative estimate of drug-likeness (QED) is 0.514. The number of rotatable bonds is 0. The van der Waals surface area contributed by atoms with Crippen LogP contribution in [0.25, 0.3) is 0 Å². The fourth-order valence-corrected chi connectivity index (χ4v) is 1.29. The van der Waals surface area contributed by atoms with Crippen LogP contribution in [-0.2, 0) is 0 Å². The molecule has 0 amide bonds. The summed E-state index contributed by atoms with van der Waals surface area (Å²) >= 11 is 0. The summed E-state index contributed by atoms with van der Waals surface area (Å²) in [7, 11) is 0. The van der Waals surface area contributed by atoms with E-state index in [0.717, 1.165) is 19.4 Å². The lowest BCUT2D eigenvalue weighted by Crippen LogP contribution is -2.25. The average molecular weight is 134 g/mol. The van der Waals surface area contributed by atoms with Crippen LogP contribution in [0.2, 0.25) is 0 Å². The van der Waals surface area contributed by atoms with Gasteiger partial charge in [0.05, 0.1) is 0 Å². The van der Waals surface area contributed by atoms with Crippen LogP contribution in [0.3, 0.4) is 0 Å². The van der Waals surface area contributed by atoms with E-state index < -0.39 is 0 Å². The van der Waals surface area contributed by atoms with E-state index in [9.17, 15) is 0 Å². The minimum Gasteiger partial charge on any atom is -0.273 e. The van der Waals surface area contributed by atoms with Gasteiger partial charge in [-0.2, -0.15) is 0 Å². The highest BCUT2D eigenvalue weighted by Crippen LogP contribution is 2.16. The van der Waals surface area contributed by atoms with Gasteiger partial charge in [0.15, 0.2) is 5.70 Å².